The van der Waals surface area contributed by atoms with E-state index in [-0.39, 0.29) is 12.3 Å². The maximum absolute atomic E-state index is 13.4. The molecular formula is C62H112N2O23. The molecule has 25 heteroatoms. The lowest BCUT2D eigenvalue weighted by molar-refractivity contribution is -0.380. The lowest BCUT2D eigenvalue weighted by Crippen LogP contribution is -2.70. The van der Waals surface area contributed by atoms with E-state index in [2.05, 4.69) is 36.6 Å². The first-order chi connectivity index (χ1) is 42.0. The summed E-state index contributed by atoms with van der Waals surface area (Å²) >= 11 is 0. The molecule has 0 aromatic carbocycles. The van der Waals surface area contributed by atoms with Crippen LogP contribution in [0.25, 0.3) is 0 Å². The molecule has 22 atom stereocenters. The van der Waals surface area contributed by atoms with Crippen molar-refractivity contribution in [3.8, 4) is 0 Å². The molecule has 4 fully saturated rings. The number of hydrogen-bond acceptors (Lipinski definition) is 23. The van der Waals surface area contributed by atoms with Crippen molar-refractivity contribution in [2.24, 2.45) is 0 Å². The van der Waals surface area contributed by atoms with E-state index in [1.165, 1.54) is 89.9 Å². The highest BCUT2D eigenvalue weighted by Gasteiger charge is 2.56. The number of hydrogen-bond donors (Lipinski definition) is 15. The zero-order valence-electron chi connectivity index (χ0n) is 51.8. The Balaban J connectivity index is 1.36. The van der Waals surface area contributed by atoms with Crippen molar-refractivity contribution in [3.05, 3.63) is 24.3 Å². The maximum atomic E-state index is 13.4. The molecule has 0 aromatic rings. The summed E-state index contributed by atoms with van der Waals surface area (Å²) in [6, 6.07) is -2.63. The van der Waals surface area contributed by atoms with E-state index >= 15 is 0 Å². The average Bonchev–Trinajstić information content (AvgIpc) is 0.901. The van der Waals surface area contributed by atoms with Gasteiger partial charge in [-0.25, -0.2) is 0 Å². The van der Waals surface area contributed by atoms with Gasteiger partial charge in [0, 0.05) is 13.3 Å². The summed E-state index contributed by atoms with van der Waals surface area (Å²) < 4.78 is 46.7. The number of allylic oxidation sites excluding steroid dienone is 3. The SMILES string of the molecule is CCCCCCCCC=CCCCCCCCC(=O)NC(COC1OC(CO)C(OC2OC(CO)C(OC3OC(CO)C(O)C(OC4OC(CO)C(O)C(O)C4O)C3NC(C)=O)C(O)C2O)C(O)C1O)C(O)C=CCCCCCCCCCCCCC. The molecule has 2 amide bonds. The van der Waals surface area contributed by atoms with Crippen LogP contribution in [0.15, 0.2) is 24.3 Å². The van der Waals surface area contributed by atoms with Crippen LogP contribution in [0.1, 0.15) is 188 Å². The van der Waals surface area contributed by atoms with E-state index in [1.807, 2.05) is 6.08 Å². The quantitative estimate of drug-likeness (QED) is 0.0304. The molecule has 4 aliphatic rings. The van der Waals surface area contributed by atoms with Gasteiger partial charge in [0.2, 0.25) is 11.8 Å². The van der Waals surface area contributed by atoms with Gasteiger partial charge in [0.05, 0.1) is 45.2 Å². The lowest BCUT2D eigenvalue weighted by Gasteiger charge is -2.50. The Bertz CT molecular complexity index is 1870. The molecule has 15 N–H and O–H groups in total. The summed E-state index contributed by atoms with van der Waals surface area (Å²) in [4.78, 5) is 26.0. The molecule has 22 unspecified atom stereocenters. The monoisotopic (exact) mass is 1250 g/mol. The van der Waals surface area contributed by atoms with Crippen LogP contribution in [0.5, 0.6) is 0 Å². The summed E-state index contributed by atoms with van der Waals surface area (Å²) in [5.74, 6) is -1.07. The Morgan fingerprint density at radius 3 is 1.33 bits per heavy atom. The fraction of sp³-hybridized carbons (Fsp3) is 0.903. The Morgan fingerprint density at radius 2 is 0.839 bits per heavy atom. The first kappa shape index (κ1) is 77.0. The third-order valence-corrected chi connectivity index (χ3v) is 16.8. The zero-order chi connectivity index (χ0) is 63.7. The molecule has 508 valence electrons. The number of rotatable bonds is 44. The van der Waals surface area contributed by atoms with Crippen molar-refractivity contribution in [3.63, 3.8) is 0 Å². The van der Waals surface area contributed by atoms with Gasteiger partial charge in [-0.1, -0.05) is 154 Å². The van der Waals surface area contributed by atoms with Gasteiger partial charge in [0.15, 0.2) is 25.2 Å². The highest BCUT2D eigenvalue weighted by Crippen LogP contribution is 2.35. The van der Waals surface area contributed by atoms with E-state index in [0.717, 1.165) is 64.7 Å². The van der Waals surface area contributed by atoms with Crippen molar-refractivity contribution < 1.29 is 114 Å². The van der Waals surface area contributed by atoms with Crippen molar-refractivity contribution in [2.45, 2.75) is 323 Å². The number of carbonyl (C=O) groups is 2. The third-order valence-electron chi connectivity index (χ3n) is 16.8. The second-order valence-corrected chi connectivity index (χ2v) is 23.9. The van der Waals surface area contributed by atoms with E-state index in [4.69, 9.17) is 37.9 Å². The van der Waals surface area contributed by atoms with Crippen molar-refractivity contribution in [2.75, 3.05) is 33.0 Å². The molecule has 0 saturated carbocycles. The van der Waals surface area contributed by atoms with E-state index in [9.17, 15) is 76.0 Å². The molecule has 4 saturated heterocycles. The number of aliphatic hydroxyl groups excluding tert-OH is 13. The molecule has 87 heavy (non-hydrogen) atoms. The summed E-state index contributed by atoms with van der Waals surface area (Å²) in [6.07, 6.45) is 1.18. The number of aliphatic hydroxyl groups is 13. The molecule has 0 spiro atoms. The molecule has 4 aliphatic heterocycles. The molecule has 0 aliphatic carbocycles. The Hall–Kier alpha value is -2.42. The lowest BCUT2D eigenvalue weighted by atomic mass is 9.94. The van der Waals surface area contributed by atoms with E-state index in [1.54, 1.807) is 6.08 Å². The van der Waals surface area contributed by atoms with Crippen LogP contribution in [0.4, 0.5) is 0 Å². The van der Waals surface area contributed by atoms with Crippen LogP contribution in [-0.2, 0) is 47.5 Å². The highest BCUT2D eigenvalue weighted by molar-refractivity contribution is 5.76. The number of carbonyl (C=O) groups excluding carboxylic acids is 2. The van der Waals surface area contributed by atoms with E-state index < -0.39 is 174 Å². The van der Waals surface area contributed by atoms with Crippen LogP contribution in [0, 0.1) is 0 Å². The van der Waals surface area contributed by atoms with Crippen LogP contribution >= 0.6 is 0 Å². The standard InChI is InChI=1S/C62H112N2O23/c1-4-6-8-10-12-14-16-18-19-21-23-25-27-29-31-33-46(71)64-40(41(70)32-30-28-26-24-22-20-17-15-13-11-9-7-5-2)38-80-60-54(78)51(75)57(44(36-67)83-60)86-62-55(79)52(76)56(45(37-68)84-62)85-59-47(63-39(3)69)58(49(73)43(35-66)81-59)87-61-53(77)50(74)48(72)42(34-65)82-61/h18-19,30,32,40-45,47-62,65-68,70,72-79H,4-17,20-29,31,33-38H2,1-3H3,(H,63,69)(H,64,71). The largest absolute Gasteiger partial charge is 0.394 e. The van der Waals surface area contributed by atoms with Gasteiger partial charge in [0.1, 0.15) is 97.6 Å². The minimum atomic E-state index is -2.10. The zero-order valence-corrected chi connectivity index (χ0v) is 51.8. The Kier molecular flexibility index (Phi) is 38.4. The normalized spacial score (nSPS) is 33.9. The smallest absolute Gasteiger partial charge is 0.220 e. The van der Waals surface area contributed by atoms with Crippen molar-refractivity contribution in [1.82, 2.24) is 10.6 Å². The van der Waals surface area contributed by atoms with Crippen LogP contribution < -0.4 is 10.6 Å². The van der Waals surface area contributed by atoms with Gasteiger partial charge in [-0.3, -0.25) is 9.59 Å². The summed E-state index contributed by atoms with van der Waals surface area (Å²) in [6.45, 7) is 1.57. The fourth-order valence-corrected chi connectivity index (χ4v) is 11.4. The summed E-state index contributed by atoms with van der Waals surface area (Å²) in [7, 11) is 0. The molecule has 0 radical (unpaired) electrons. The van der Waals surface area contributed by atoms with Crippen LogP contribution in [-0.4, -0.2) is 246 Å². The summed E-state index contributed by atoms with van der Waals surface area (Å²) in [5, 5.41) is 146. The number of ether oxygens (including phenoxy) is 8. The van der Waals surface area contributed by atoms with Crippen molar-refractivity contribution >= 4 is 11.8 Å². The first-order valence-electron chi connectivity index (χ1n) is 32.6. The van der Waals surface area contributed by atoms with E-state index in [0.29, 0.717) is 12.8 Å². The van der Waals surface area contributed by atoms with Gasteiger partial charge in [-0.15, -0.1) is 0 Å². The average molecular weight is 1250 g/mol. The van der Waals surface area contributed by atoms with Gasteiger partial charge in [0.25, 0.3) is 0 Å². The summed E-state index contributed by atoms with van der Waals surface area (Å²) in [5.41, 5.74) is 0. The van der Waals surface area contributed by atoms with Crippen LogP contribution in [0.3, 0.4) is 0 Å². The first-order valence-corrected chi connectivity index (χ1v) is 32.6. The van der Waals surface area contributed by atoms with Gasteiger partial charge in [-0.05, 0) is 44.9 Å². The van der Waals surface area contributed by atoms with Crippen LogP contribution in [0.2, 0.25) is 0 Å². The second kappa shape index (κ2) is 43.4. The second-order valence-electron chi connectivity index (χ2n) is 23.9. The third kappa shape index (κ3) is 25.9. The Labute approximate surface area is 514 Å². The number of unbranched alkanes of at least 4 members (excludes halogenated alkanes) is 22. The predicted octanol–water partition coefficient (Wildman–Crippen LogP) is 1.56. The van der Waals surface area contributed by atoms with Crippen molar-refractivity contribution in [1.29, 1.82) is 0 Å². The molecule has 0 bridgehead atoms. The molecule has 0 aromatic heterocycles. The predicted molar refractivity (Wildman–Crippen MR) is 317 cm³/mol. The van der Waals surface area contributed by atoms with Gasteiger partial charge < -0.3 is 115 Å². The fourth-order valence-electron chi connectivity index (χ4n) is 11.4. The number of nitrogens with one attached hydrogen (secondary N) is 2. The highest BCUT2D eigenvalue weighted by atomic mass is 16.8. The van der Waals surface area contributed by atoms with Gasteiger partial charge in [-0.2, -0.15) is 0 Å². The molecule has 4 rings (SSSR count). The minimum Gasteiger partial charge on any atom is -0.394 e. The van der Waals surface area contributed by atoms with Gasteiger partial charge >= 0.3 is 0 Å². The topological polar surface area (TPSA) is 395 Å². The maximum Gasteiger partial charge on any atom is 0.220 e. The molecular weight excluding hydrogens is 1140 g/mol. The molecule has 4 heterocycles. The Morgan fingerprint density at radius 1 is 0.448 bits per heavy atom. The number of amides is 2. The minimum absolute atomic E-state index is 0.203. The molecule has 25 nitrogen and oxygen atoms in total.